The van der Waals surface area contributed by atoms with Crippen LogP contribution in [0.15, 0.2) is 53.4 Å². The maximum atomic E-state index is 12.9. The van der Waals surface area contributed by atoms with Gasteiger partial charge in [-0.05, 0) is 49.7 Å². The van der Waals surface area contributed by atoms with Crippen LogP contribution >= 0.6 is 11.8 Å². The van der Waals surface area contributed by atoms with Crippen molar-refractivity contribution in [1.29, 1.82) is 0 Å². The number of amides is 1. The van der Waals surface area contributed by atoms with Crippen molar-refractivity contribution in [3.8, 4) is 0 Å². The van der Waals surface area contributed by atoms with Crippen molar-refractivity contribution in [3.63, 3.8) is 0 Å². The Kier molecular flexibility index (Phi) is 6.22. The SMILES string of the molecule is Cc1ccccc1N1CCN(C(=O)c2ccc(SCCO)cc2)[C@@H](C)C1. The number of carbonyl (C=O) groups is 1. The van der Waals surface area contributed by atoms with Gasteiger partial charge >= 0.3 is 0 Å². The van der Waals surface area contributed by atoms with Gasteiger partial charge in [0.2, 0.25) is 0 Å². The summed E-state index contributed by atoms with van der Waals surface area (Å²) in [6.45, 7) is 6.84. The first-order valence-electron chi connectivity index (χ1n) is 9.05. The van der Waals surface area contributed by atoms with Crippen LogP contribution in [0, 0.1) is 6.92 Å². The number of para-hydroxylation sites is 1. The lowest BCUT2D eigenvalue weighted by Crippen LogP contribution is -2.54. The lowest BCUT2D eigenvalue weighted by Gasteiger charge is -2.41. The molecule has 138 valence electrons. The van der Waals surface area contributed by atoms with Gasteiger partial charge in [-0.15, -0.1) is 11.8 Å². The first-order chi connectivity index (χ1) is 12.6. The second kappa shape index (κ2) is 8.60. The van der Waals surface area contributed by atoms with E-state index >= 15 is 0 Å². The van der Waals surface area contributed by atoms with Crippen molar-refractivity contribution in [3.05, 3.63) is 59.7 Å². The number of aliphatic hydroxyl groups is 1. The lowest BCUT2D eigenvalue weighted by atomic mass is 10.1. The topological polar surface area (TPSA) is 43.8 Å². The number of carbonyl (C=O) groups excluding carboxylic acids is 1. The summed E-state index contributed by atoms with van der Waals surface area (Å²) in [5, 5.41) is 8.91. The molecule has 1 aliphatic heterocycles. The average Bonchev–Trinajstić information content (AvgIpc) is 2.66. The smallest absolute Gasteiger partial charge is 0.254 e. The van der Waals surface area contributed by atoms with Crippen molar-refractivity contribution < 1.29 is 9.90 Å². The van der Waals surface area contributed by atoms with Crippen molar-refractivity contribution in [1.82, 2.24) is 4.90 Å². The molecular weight excluding hydrogens is 344 g/mol. The van der Waals surface area contributed by atoms with Gasteiger partial charge in [-0.3, -0.25) is 4.79 Å². The molecule has 0 saturated carbocycles. The van der Waals surface area contributed by atoms with Gasteiger partial charge in [0, 0.05) is 47.6 Å². The van der Waals surface area contributed by atoms with E-state index in [0.717, 1.165) is 30.1 Å². The van der Waals surface area contributed by atoms with Crippen molar-refractivity contribution in [2.45, 2.75) is 24.8 Å². The molecule has 2 aromatic rings. The van der Waals surface area contributed by atoms with E-state index in [-0.39, 0.29) is 18.6 Å². The Bertz CT molecular complexity index is 748. The molecule has 1 atom stereocenters. The van der Waals surface area contributed by atoms with Crippen LogP contribution in [0.1, 0.15) is 22.8 Å². The van der Waals surface area contributed by atoms with E-state index in [4.69, 9.17) is 5.11 Å². The van der Waals surface area contributed by atoms with Gasteiger partial charge in [-0.1, -0.05) is 18.2 Å². The van der Waals surface area contributed by atoms with E-state index in [1.807, 2.05) is 29.2 Å². The van der Waals surface area contributed by atoms with Crippen LogP contribution in [0.4, 0.5) is 5.69 Å². The Morgan fingerprint density at radius 3 is 2.54 bits per heavy atom. The average molecular weight is 371 g/mol. The summed E-state index contributed by atoms with van der Waals surface area (Å²) < 4.78 is 0. The number of anilines is 1. The van der Waals surface area contributed by atoms with Crippen LogP contribution in [-0.2, 0) is 0 Å². The Balaban J connectivity index is 1.65. The van der Waals surface area contributed by atoms with E-state index in [1.165, 1.54) is 11.3 Å². The number of hydrogen-bond donors (Lipinski definition) is 1. The summed E-state index contributed by atoms with van der Waals surface area (Å²) in [6, 6.07) is 16.3. The highest BCUT2D eigenvalue weighted by molar-refractivity contribution is 7.99. The molecule has 0 bridgehead atoms. The highest BCUT2D eigenvalue weighted by Crippen LogP contribution is 2.24. The molecule has 1 aliphatic rings. The minimum atomic E-state index is 0.0978. The Labute approximate surface area is 159 Å². The van der Waals surface area contributed by atoms with Gasteiger partial charge in [0.05, 0.1) is 6.61 Å². The molecule has 0 unspecified atom stereocenters. The van der Waals surface area contributed by atoms with Gasteiger partial charge in [-0.2, -0.15) is 0 Å². The van der Waals surface area contributed by atoms with Gasteiger partial charge in [0.15, 0.2) is 0 Å². The van der Waals surface area contributed by atoms with E-state index in [9.17, 15) is 4.79 Å². The molecule has 0 radical (unpaired) electrons. The molecule has 1 saturated heterocycles. The van der Waals surface area contributed by atoms with Crippen LogP contribution in [0.2, 0.25) is 0 Å². The molecule has 5 heteroatoms. The van der Waals surface area contributed by atoms with E-state index in [0.29, 0.717) is 5.75 Å². The third-order valence-electron chi connectivity index (χ3n) is 4.81. The number of rotatable bonds is 5. The molecule has 3 rings (SSSR count). The molecular formula is C21H26N2O2S. The molecule has 0 spiro atoms. The summed E-state index contributed by atoms with van der Waals surface area (Å²) in [7, 11) is 0. The fourth-order valence-corrected chi connectivity index (χ4v) is 4.07. The molecule has 0 aliphatic carbocycles. The zero-order valence-electron chi connectivity index (χ0n) is 15.4. The molecule has 4 nitrogen and oxygen atoms in total. The van der Waals surface area contributed by atoms with Gasteiger partial charge in [0.25, 0.3) is 5.91 Å². The van der Waals surface area contributed by atoms with Crippen molar-refractivity contribution in [2.75, 3.05) is 36.9 Å². The van der Waals surface area contributed by atoms with Gasteiger partial charge in [0.1, 0.15) is 0 Å². The molecule has 1 fully saturated rings. The van der Waals surface area contributed by atoms with E-state index in [2.05, 4.69) is 43.0 Å². The Hall–Kier alpha value is -1.98. The number of aryl methyl sites for hydroxylation is 1. The van der Waals surface area contributed by atoms with Crippen LogP contribution in [-0.4, -0.2) is 53.9 Å². The molecule has 2 aromatic carbocycles. The third-order valence-corrected chi connectivity index (χ3v) is 5.80. The minimum Gasteiger partial charge on any atom is -0.396 e. The summed E-state index contributed by atoms with van der Waals surface area (Å²) in [5.41, 5.74) is 3.27. The predicted molar refractivity (Wildman–Crippen MR) is 108 cm³/mol. The normalized spacial score (nSPS) is 17.4. The summed E-state index contributed by atoms with van der Waals surface area (Å²) in [6.07, 6.45) is 0. The number of thioether (sulfide) groups is 1. The van der Waals surface area contributed by atoms with E-state index in [1.54, 1.807) is 11.8 Å². The van der Waals surface area contributed by atoms with Gasteiger partial charge in [-0.25, -0.2) is 0 Å². The summed E-state index contributed by atoms with van der Waals surface area (Å²) in [4.78, 5) is 18.3. The van der Waals surface area contributed by atoms with Crippen LogP contribution in [0.3, 0.4) is 0 Å². The Morgan fingerprint density at radius 1 is 1.15 bits per heavy atom. The molecule has 26 heavy (non-hydrogen) atoms. The number of benzene rings is 2. The molecule has 1 N–H and O–H groups in total. The van der Waals surface area contributed by atoms with Crippen LogP contribution < -0.4 is 4.90 Å². The fourth-order valence-electron chi connectivity index (χ4n) is 3.42. The van der Waals surface area contributed by atoms with Gasteiger partial charge < -0.3 is 14.9 Å². The molecule has 1 amide bonds. The number of nitrogens with zero attached hydrogens (tertiary/aromatic N) is 2. The number of piperazine rings is 1. The van der Waals surface area contributed by atoms with Crippen molar-refractivity contribution in [2.24, 2.45) is 0 Å². The predicted octanol–water partition coefficient (Wildman–Crippen LogP) is 3.43. The molecule has 1 heterocycles. The fraction of sp³-hybridized carbons (Fsp3) is 0.381. The number of hydrogen-bond acceptors (Lipinski definition) is 4. The zero-order chi connectivity index (χ0) is 18.5. The monoisotopic (exact) mass is 370 g/mol. The minimum absolute atomic E-state index is 0.0978. The Morgan fingerprint density at radius 2 is 1.88 bits per heavy atom. The maximum absolute atomic E-state index is 12.9. The highest BCUT2D eigenvalue weighted by Gasteiger charge is 2.28. The van der Waals surface area contributed by atoms with Crippen LogP contribution in [0.25, 0.3) is 0 Å². The largest absolute Gasteiger partial charge is 0.396 e. The summed E-state index contributed by atoms with van der Waals surface area (Å²) in [5.74, 6) is 0.770. The second-order valence-corrected chi connectivity index (χ2v) is 7.84. The van der Waals surface area contributed by atoms with Crippen molar-refractivity contribution >= 4 is 23.4 Å². The summed E-state index contributed by atoms with van der Waals surface area (Å²) >= 11 is 1.59. The highest BCUT2D eigenvalue weighted by atomic mass is 32.2. The first kappa shape index (κ1) is 18.8. The third kappa shape index (κ3) is 4.22. The quantitative estimate of drug-likeness (QED) is 0.819. The molecule has 0 aromatic heterocycles. The zero-order valence-corrected chi connectivity index (χ0v) is 16.2. The van der Waals surface area contributed by atoms with Crippen LogP contribution in [0.5, 0.6) is 0 Å². The second-order valence-electron chi connectivity index (χ2n) is 6.68. The lowest BCUT2D eigenvalue weighted by molar-refractivity contribution is 0.0674. The standard InChI is InChI=1S/C21H26N2O2S/c1-16-5-3-4-6-20(16)22-11-12-23(17(2)15-22)21(25)18-7-9-19(10-8-18)26-14-13-24/h3-10,17,24H,11-15H2,1-2H3/t17-/m0/s1. The first-order valence-corrected chi connectivity index (χ1v) is 10.0. The van der Waals surface area contributed by atoms with E-state index < -0.39 is 0 Å². The maximum Gasteiger partial charge on any atom is 0.254 e. The number of aliphatic hydroxyl groups excluding tert-OH is 1.